The molecule has 102 valence electrons. The lowest BCUT2D eigenvalue weighted by molar-refractivity contribution is 0.539. The van der Waals surface area contributed by atoms with Gasteiger partial charge >= 0.3 is 0 Å². The molecule has 1 heterocycles. The average Bonchev–Trinajstić information content (AvgIpc) is 2.79. The molecule has 1 N–H and O–H groups in total. The van der Waals surface area contributed by atoms with Gasteiger partial charge in [0.1, 0.15) is 0 Å². The molecule has 19 heavy (non-hydrogen) atoms. The first-order valence-corrected chi connectivity index (χ1v) is 7.12. The molecule has 0 saturated heterocycles. The Hall–Kier alpha value is -1.25. The zero-order chi connectivity index (χ0) is 13.7. The number of aromatic nitrogens is 1. The second-order valence-electron chi connectivity index (χ2n) is 5.28. The van der Waals surface area contributed by atoms with Crippen molar-refractivity contribution in [1.82, 2.24) is 9.88 Å². The average molecular weight is 277 g/mol. The molecule has 2 aromatic rings. The summed E-state index contributed by atoms with van der Waals surface area (Å²) in [6.07, 6.45) is 2.13. The van der Waals surface area contributed by atoms with Crippen LogP contribution >= 0.6 is 11.6 Å². The van der Waals surface area contributed by atoms with Gasteiger partial charge in [-0.1, -0.05) is 37.6 Å². The van der Waals surface area contributed by atoms with Gasteiger partial charge < -0.3 is 9.88 Å². The molecule has 0 aliphatic rings. The van der Waals surface area contributed by atoms with Gasteiger partial charge in [0.2, 0.25) is 0 Å². The minimum Gasteiger partial charge on any atom is -0.346 e. The SMILES string of the molecule is CC(C)CNCc1cccn1Cc1ccc(Cl)cc1. The Morgan fingerprint density at radius 1 is 1.16 bits per heavy atom. The van der Waals surface area contributed by atoms with E-state index >= 15 is 0 Å². The molecule has 0 radical (unpaired) electrons. The Morgan fingerprint density at radius 3 is 2.58 bits per heavy atom. The summed E-state index contributed by atoms with van der Waals surface area (Å²) in [7, 11) is 0. The summed E-state index contributed by atoms with van der Waals surface area (Å²) in [5, 5.41) is 4.27. The van der Waals surface area contributed by atoms with Gasteiger partial charge in [0, 0.05) is 30.0 Å². The highest BCUT2D eigenvalue weighted by molar-refractivity contribution is 6.30. The summed E-state index contributed by atoms with van der Waals surface area (Å²) in [4.78, 5) is 0. The van der Waals surface area contributed by atoms with Gasteiger partial charge in [0.15, 0.2) is 0 Å². The third kappa shape index (κ3) is 4.41. The third-order valence-electron chi connectivity index (χ3n) is 3.05. The van der Waals surface area contributed by atoms with E-state index in [1.165, 1.54) is 11.3 Å². The molecule has 1 aromatic carbocycles. The highest BCUT2D eigenvalue weighted by Gasteiger charge is 2.02. The number of nitrogens with zero attached hydrogens (tertiary/aromatic N) is 1. The van der Waals surface area contributed by atoms with Crippen LogP contribution in [-0.4, -0.2) is 11.1 Å². The first-order valence-electron chi connectivity index (χ1n) is 6.74. The normalized spacial score (nSPS) is 11.2. The Morgan fingerprint density at radius 2 is 1.89 bits per heavy atom. The number of halogens is 1. The lowest BCUT2D eigenvalue weighted by Crippen LogP contribution is -2.20. The maximum absolute atomic E-state index is 5.91. The highest BCUT2D eigenvalue weighted by atomic mass is 35.5. The topological polar surface area (TPSA) is 17.0 Å². The van der Waals surface area contributed by atoms with Gasteiger partial charge in [0.05, 0.1) is 0 Å². The summed E-state index contributed by atoms with van der Waals surface area (Å²) in [6.45, 7) is 7.30. The molecular weight excluding hydrogens is 256 g/mol. The molecule has 0 bridgehead atoms. The van der Waals surface area contributed by atoms with Gasteiger partial charge in [-0.2, -0.15) is 0 Å². The zero-order valence-electron chi connectivity index (χ0n) is 11.6. The van der Waals surface area contributed by atoms with E-state index in [0.717, 1.165) is 24.7 Å². The number of rotatable bonds is 6. The molecule has 0 amide bonds. The van der Waals surface area contributed by atoms with Crippen LogP contribution in [0.15, 0.2) is 42.6 Å². The maximum Gasteiger partial charge on any atom is 0.0473 e. The number of hydrogen-bond donors (Lipinski definition) is 1. The summed E-state index contributed by atoms with van der Waals surface area (Å²) in [6, 6.07) is 12.3. The van der Waals surface area contributed by atoms with Crippen molar-refractivity contribution in [2.75, 3.05) is 6.54 Å². The van der Waals surface area contributed by atoms with Crippen LogP contribution in [0.5, 0.6) is 0 Å². The highest BCUT2D eigenvalue weighted by Crippen LogP contribution is 2.12. The fourth-order valence-corrected chi connectivity index (χ4v) is 2.17. The van der Waals surface area contributed by atoms with Gasteiger partial charge in [-0.15, -0.1) is 0 Å². The number of benzene rings is 1. The molecule has 0 unspecified atom stereocenters. The Balaban J connectivity index is 1.97. The molecule has 0 spiro atoms. The third-order valence-corrected chi connectivity index (χ3v) is 3.30. The molecule has 0 aliphatic carbocycles. The monoisotopic (exact) mass is 276 g/mol. The summed E-state index contributed by atoms with van der Waals surface area (Å²) >= 11 is 5.91. The van der Waals surface area contributed by atoms with Crippen molar-refractivity contribution in [2.45, 2.75) is 26.9 Å². The molecule has 0 aliphatic heterocycles. The maximum atomic E-state index is 5.91. The minimum absolute atomic E-state index is 0.680. The van der Waals surface area contributed by atoms with E-state index in [9.17, 15) is 0 Å². The smallest absolute Gasteiger partial charge is 0.0473 e. The summed E-state index contributed by atoms with van der Waals surface area (Å²) in [5.74, 6) is 0.680. The van der Waals surface area contributed by atoms with Crippen molar-refractivity contribution in [3.05, 3.63) is 58.9 Å². The van der Waals surface area contributed by atoms with Crippen LogP contribution in [0, 0.1) is 5.92 Å². The molecule has 0 atom stereocenters. The zero-order valence-corrected chi connectivity index (χ0v) is 12.3. The van der Waals surface area contributed by atoms with Crippen LogP contribution in [0.2, 0.25) is 5.02 Å². The molecule has 0 fully saturated rings. The van der Waals surface area contributed by atoms with Crippen LogP contribution in [0.3, 0.4) is 0 Å². The standard InChI is InChI=1S/C16H21ClN2/c1-13(2)10-18-11-16-4-3-9-19(16)12-14-5-7-15(17)8-6-14/h3-9,13,18H,10-12H2,1-2H3. The first kappa shape index (κ1) is 14.2. The summed E-state index contributed by atoms with van der Waals surface area (Å²) in [5.41, 5.74) is 2.58. The van der Waals surface area contributed by atoms with Crippen molar-refractivity contribution in [3.63, 3.8) is 0 Å². The van der Waals surface area contributed by atoms with Crippen molar-refractivity contribution < 1.29 is 0 Å². The largest absolute Gasteiger partial charge is 0.346 e. The second kappa shape index (κ2) is 6.78. The van der Waals surface area contributed by atoms with Gasteiger partial charge in [0.25, 0.3) is 0 Å². The molecule has 1 aromatic heterocycles. The van der Waals surface area contributed by atoms with E-state index in [2.05, 4.69) is 54.2 Å². The lowest BCUT2D eigenvalue weighted by atomic mass is 10.2. The van der Waals surface area contributed by atoms with E-state index in [0.29, 0.717) is 5.92 Å². The van der Waals surface area contributed by atoms with Crippen LogP contribution in [-0.2, 0) is 13.1 Å². The lowest BCUT2D eigenvalue weighted by Gasteiger charge is -2.11. The van der Waals surface area contributed by atoms with Crippen molar-refractivity contribution in [3.8, 4) is 0 Å². The molecule has 2 nitrogen and oxygen atoms in total. The first-order chi connectivity index (χ1) is 9.15. The van der Waals surface area contributed by atoms with Crippen LogP contribution in [0.4, 0.5) is 0 Å². The fraction of sp³-hybridized carbons (Fsp3) is 0.375. The van der Waals surface area contributed by atoms with Gasteiger partial charge in [-0.3, -0.25) is 0 Å². The second-order valence-corrected chi connectivity index (χ2v) is 5.72. The fourth-order valence-electron chi connectivity index (χ4n) is 2.04. The van der Waals surface area contributed by atoms with E-state index < -0.39 is 0 Å². The van der Waals surface area contributed by atoms with Gasteiger partial charge in [-0.25, -0.2) is 0 Å². The van der Waals surface area contributed by atoms with Crippen LogP contribution in [0.25, 0.3) is 0 Å². The van der Waals surface area contributed by atoms with E-state index in [1.54, 1.807) is 0 Å². The van der Waals surface area contributed by atoms with Crippen molar-refractivity contribution in [2.24, 2.45) is 5.92 Å². The minimum atomic E-state index is 0.680. The Bertz CT molecular complexity index is 500. The van der Waals surface area contributed by atoms with E-state index in [4.69, 9.17) is 11.6 Å². The Labute approximate surface area is 120 Å². The van der Waals surface area contributed by atoms with Crippen molar-refractivity contribution in [1.29, 1.82) is 0 Å². The van der Waals surface area contributed by atoms with Crippen LogP contribution in [0.1, 0.15) is 25.1 Å². The predicted octanol–water partition coefficient (Wildman–Crippen LogP) is 3.94. The van der Waals surface area contributed by atoms with E-state index in [-0.39, 0.29) is 0 Å². The quantitative estimate of drug-likeness (QED) is 0.846. The van der Waals surface area contributed by atoms with E-state index in [1.807, 2.05) is 12.1 Å². The van der Waals surface area contributed by atoms with Crippen molar-refractivity contribution >= 4 is 11.6 Å². The number of nitrogens with one attached hydrogen (secondary N) is 1. The van der Waals surface area contributed by atoms with Crippen LogP contribution < -0.4 is 5.32 Å². The molecule has 0 saturated carbocycles. The number of hydrogen-bond acceptors (Lipinski definition) is 1. The molecular formula is C16H21ClN2. The summed E-state index contributed by atoms with van der Waals surface area (Å²) < 4.78 is 2.27. The molecule has 3 heteroatoms. The van der Waals surface area contributed by atoms with Gasteiger partial charge in [-0.05, 0) is 42.3 Å². The Kier molecular flexibility index (Phi) is 5.06. The molecule has 2 rings (SSSR count). The predicted molar refractivity (Wildman–Crippen MR) is 81.5 cm³/mol.